The monoisotopic (exact) mass is 188 g/mol. The van der Waals surface area contributed by atoms with Gasteiger partial charge in [-0.2, -0.15) is 0 Å². The van der Waals surface area contributed by atoms with Gasteiger partial charge < -0.3 is 21.6 Å². The van der Waals surface area contributed by atoms with Crippen LogP contribution in [-0.4, -0.2) is 29.2 Å². The lowest BCUT2D eigenvalue weighted by atomic mass is 10.1. The Balaban J connectivity index is 3.77. The standard InChI is InChI=1S/C7H16N4O2/c1-7(2,3)10-6(12)9-4-5(8)11-13/h13H,4H2,1-3H3,(H2,8,11)(H2,9,10,12). The molecule has 0 atom stereocenters. The van der Waals surface area contributed by atoms with Crippen LogP contribution in [0.1, 0.15) is 20.8 Å². The van der Waals surface area contributed by atoms with E-state index in [2.05, 4.69) is 15.8 Å². The maximum Gasteiger partial charge on any atom is 0.315 e. The molecule has 0 heterocycles. The smallest absolute Gasteiger partial charge is 0.315 e. The molecule has 2 amide bonds. The lowest BCUT2D eigenvalue weighted by Crippen LogP contribution is -2.48. The average molecular weight is 188 g/mol. The Kier molecular flexibility index (Phi) is 4.03. The molecule has 0 bridgehead atoms. The first-order valence-corrected chi connectivity index (χ1v) is 3.87. The van der Waals surface area contributed by atoms with E-state index in [1.807, 2.05) is 20.8 Å². The zero-order valence-corrected chi connectivity index (χ0v) is 8.09. The summed E-state index contributed by atoms with van der Waals surface area (Å²) >= 11 is 0. The van der Waals surface area contributed by atoms with Gasteiger partial charge in [0.05, 0.1) is 6.54 Å². The Labute approximate surface area is 77.2 Å². The van der Waals surface area contributed by atoms with Crippen LogP contribution in [0.2, 0.25) is 0 Å². The summed E-state index contributed by atoms with van der Waals surface area (Å²) in [5.41, 5.74) is 4.85. The highest BCUT2D eigenvalue weighted by Gasteiger charge is 2.12. The van der Waals surface area contributed by atoms with Gasteiger partial charge in [0.15, 0.2) is 5.84 Å². The summed E-state index contributed by atoms with van der Waals surface area (Å²) < 4.78 is 0. The molecule has 0 rings (SSSR count). The van der Waals surface area contributed by atoms with Gasteiger partial charge in [-0.15, -0.1) is 0 Å². The number of amidine groups is 1. The average Bonchev–Trinajstić information content (AvgIpc) is 1.97. The second-order valence-electron chi connectivity index (χ2n) is 3.65. The van der Waals surface area contributed by atoms with Crippen LogP contribution in [0.3, 0.4) is 0 Å². The van der Waals surface area contributed by atoms with Crippen LogP contribution in [0.25, 0.3) is 0 Å². The predicted octanol–water partition coefficient (Wildman–Crippen LogP) is -0.169. The van der Waals surface area contributed by atoms with Crippen LogP contribution in [0.15, 0.2) is 5.16 Å². The number of hydrogen-bond donors (Lipinski definition) is 4. The highest BCUT2D eigenvalue weighted by Crippen LogP contribution is 1.96. The Bertz CT molecular complexity index is 207. The van der Waals surface area contributed by atoms with E-state index >= 15 is 0 Å². The van der Waals surface area contributed by atoms with Crippen molar-refractivity contribution in [1.29, 1.82) is 0 Å². The van der Waals surface area contributed by atoms with E-state index in [0.717, 1.165) is 0 Å². The van der Waals surface area contributed by atoms with Gasteiger partial charge in [0.2, 0.25) is 0 Å². The molecular formula is C7H16N4O2. The fourth-order valence-electron chi connectivity index (χ4n) is 0.591. The van der Waals surface area contributed by atoms with Crippen molar-refractivity contribution in [2.24, 2.45) is 10.9 Å². The van der Waals surface area contributed by atoms with Gasteiger partial charge in [0, 0.05) is 5.54 Å². The maximum absolute atomic E-state index is 11.1. The van der Waals surface area contributed by atoms with Crippen molar-refractivity contribution in [2.45, 2.75) is 26.3 Å². The lowest BCUT2D eigenvalue weighted by molar-refractivity contribution is 0.233. The number of rotatable bonds is 2. The summed E-state index contributed by atoms with van der Waals surface area (Å²) in [6.45, 7) is 5.60. The summed E-state index contributed by atoms with van der Waals surface area (Å²) in [6, 6.07) is -0.348. The summed E-state index contributed by atoms with van der Waals surface area (Å²) in [4.78, 5) is 11.1. The molecule has 6 heteroatoms. The van der Waals surface area contributed by atoms with Gasteiger partial charge in [-0.05, 0) is 20.8 Å². The van der Waals surface area contributed by atoms with Gasteiger partial charge in [-0.1, -0.05) is 5.16 Å². The summed E-state index contributed by atoms with van der Waals surface area (Å²) in [5.74, 6) is -0.0379. The van der Waals surface area contributed by atoms with Gasteiger partial charge >= 0.3 is 6.03 Å². The molecule has 0 saturated carbocycles. The number of amides is 2. The predicted molar refractivity (Wildman–Crippen MR) is 49.7 cm³/mol. The quantitative estimate of drug-likeness (QED) is 0.209. The minimum Gasteiger partial charge on any atom is -0.409 e. The number of hydrogen-bond acceptors (Lipinski definition) is 3. The Morgan fingerprint density at radius 3 is 2.46 bits per heavy atom. The van der Waals surface area contributed by atoms with Crippen molar-refractivity contribution in [3.05, 3.63) is 0 Å². The zero-order chi connectivity index (χ0) is 10.5. The summed E-state index contributed by atoms with van der Waals surface area (Å²) in [5, 5.41) is 16.0. The first-order chi connectivity index (χ1) is 5.85. The number of urea groups is 1. The number of carbonyl (C=O) groups excluding carboxylic acids is 1. The highest BCUT2D eigenvalue weighted by molar-refractivity contribution is 5.86. The Morgan fingerprint density at radius 2 is 2.08 bits per heavy atom. The molecule has 0 aliphatic heterocycles. The van der Waals surface area contributed by atoms with E-state index in [4.69, 9.17) is 10.9 Å². The topological polar surface area (TPSA) is 99.7 Å². The molecule has 0 saturated heterocycles. The second kappa shape index (κ2) is 4.54. The normalized spacial score (nSPS) is 12.4. The molecule has 0 fully saturated rings. The first-order valence-electron chi connectivity index (χ1n) is 3.87. The number of carbonyl (C=O) groups is 1. The van der Waals surface area contributed by atoms with Crippen LogP contribution in [0, 0.1) is 0 Å². The van der Waals surface area contributed by atoms with E-state index < -0.39 is 0 Å². The Morgan fingerprint density at radius 1 is 1.54 bits per heavy atom. The molecule has 0 aromatic carbocycles. The molecule has 0 spiro atoms. The second-order valence-corrected chi connectivity index (χ2v) is 3.65. The van der Waals surface area contributed by atoms with Crippen molar-refractivity contribution in [2.75, 3.05) is 6.54 Å². The fraction of sp³-hybridized carbons (Fsp3) is 0.714. The van der Waals surface area contributed by atoms with Crippen molar-refractivity contribution in [3.63, 3.8) is 0 Å². The van der Waals surface area contributed by atoms with Gasteiger partial charge in [-0.3, -0.25) is 0 Å². The largest absolute Gasteiger partial charge is 0.409 e. The van der Waals surface area contributed by atoms with Crippen LogP contribution in [0.4, 0.5) is 4.79 Å². The summed E-state index contributed by atoms with van der Waals surface area (Å²) in [6.07, 6.45) is 0. The Hall–Kier alpha value is -1.46. The number of nitrogens with one attached hydrogen (secondary N) is 2. The molecule has 0 aromatic heterocycles. The molecule has 13 heavy (non-hydrogen) atoms. The van der Waals surface area contributed by atoms with Crippen LogP contribution in [0.5, 0.6) is 0 Å². The molecule has 0 unspecified atom stereocenters. The third kappa shape index (κ3) is 6.92. The summed E-state index contributed by atoms with van der Waals surface area (Å²) in [7, 11) is 0. The van der Waals surface area contributed by atoms with Crippen LogP contribution < -0.4 is 16.4 Å². The molecule has 0 aliphatic rings. The van der Waals surface area contributed by atoms with Crippen molar-refractivity contribution >= 4 is 11.9 Å². The van der Waals surface area contributed by atoms with E-state index in [1.54, 1.807) is 0 Å². The highest BCUT2D eigenvalue weighted by atomic mass is 16.4. The molecule has 0 radical (unpaired) electrons. The van der Waals surface area contributed by atoms with Gasteiger partial charge in [-0.25, -0.2) is 4.79 Å². The first kappa shape index (κ1) is 11.5. The molecule has 0 aromatic rings. The van der Waals surface area contributed by atoms with Crippen molar-refractivity contribution in [3.8, 4) is 0 Å². The molecule has 0 aliphatic carbocycles. The van der Waals surface area contributed by atoms with Crippen LogP contribution >= 0.6 is 0 Å². The maximum atomic E-state index is 11.1. The molecule has 6 nitrogen and oxygen atoms in total. The SMILES string of the molecule is CC(C)(C)NC(=O)NC/C(N)=N/O. The number of nitrogens with zero attached hydrogens (tertiary/aromatic N) is 1. The number of oxime groups is 1. The third-order valence-corrected chi connectivity index (χ3v) is 1.05. The van der Waals surface area contributed by atoms with E-state index in [9.17, 15) is 4.79 Å². The van der Waals surface area contributed by atoms with E-state index in [-0.39, 0.29) is 24.0 Å². The van der Waals surface area contributed by atoms with Gasteiger partial charge in [0.1, 0.15) is 0 Å². The third-order valence-electron chi connectivity index (χ3n) is 1.05. The molecule has 5 N–H and O–H groups in total. The molecule has 76 valence electrons. The van der Waals surface area contributed by atoms with Gasteiger partial charge in [0.25, 0.3) is 0 Å². The van der Waals surface area contributed by atoms with Crippen molar-refractivity contribution < 1.29 is 10.0 Å². The minimum atomic E-state index is -0.348. The molecular weight excluding hydrogens is 172 g/mol. The number of nitrogens with two attached hydrogens (primary N) is 1. The van der Waals surface area contributed by atoms with Crippen molar-refractivity contribution in [1.82, 2.24) is 10.6 Å². The zero-order valence-electron chi connectivity index (χ0n) is 8.09. The lowest BCUT2D eigenvalue weighted by Gasteiger charge is -2.20. The van der Waals surface area contributed by atoms with E-state index in [1.165, 1.54) is 0 Å². The van der Waals surface area contributed by atoms with E-state index in [0.29, 0.717) is 0 Å². The van der Waals surface area contributed by atoms with Crippen LogP contribution in [-0.2, 0) is 0 Å². The fourth-order valence-corrected chi connectivity index (χ4v) is 0.591. The minimum absolute atomic E-state index is 0.0262.